The average molecular weight is 509 g/mol. The van der Waals surface area contributed by atoms with Crippen LogP contribution in [0.2, 0.25) is 0 Å². The van der Waals surface area contributed by atoms with Crippen molar-refractivity contribution in [3.05, 3.63) is 71.0 Å². The van der Waals surface area contributed by atoms with Crippen LogP contribution < -0.4 is 10.5 Å². The van der Waals surface area contributed by atoms with Gasteiger partial charge in [0.05, 0.1) is 35.1 Å². The van der Waals surface area contributed by atoms with Gasteiger partial charge >= 0.3 is 5.76 Å². The Morgan fingerprint density at radius 1 is 1.18 bits per heavy atom. The van der Waals surface area contributed by atoms with E-state index in [4.69, 9.17) is 14.1 Å². The van der Waals surface area contributed by atoms with E-state index in [1.165, 1.54) is 11.0 Å². The second kappa shape index (κ2) is 9.80. The molecular formula is C29H28N6O3. The molecule has 9 heteroatoms. The van der Waals surface area contributed by atoms with Crippen LogP contribution in [0.5, 0.6) is 5.88 Å². The molecule has 1 fully saturated rings. The number of fused-ring (bicyclic) bond motifs is 2. The van der Waals surface area contributed by atoms with Crippen LogP contribution in [0.25, 0.3) is 39.3 Å². The molecule has 0 unspecified atom stereocenters. The van der Waals surface area contributed by atoms with Gasteiger partial charge in [-0.3, -0.25) is 8.97 Å². The van der Waals surface area contributed by atoms with Crippen molar-refractivity contribution in [1.29, 1.82) is 5.26 Å². The van der Waals surface area contributed by atoms with Gasteiger partial charge in [0, 0.05) is 43.0 Å². The van der Waals surface area contributed by atoms with Gasteiger partial charge in [-0.2, -0.15) is 5.26 Å². The zero-order valence-electron chi connectivity index (χ0n) is 21.4. The summed E-state index contributed by atoms with van der Waals surface area (Å²) >= 11 is 0. The number of aromatic nitrogens is 4. The first kappa shape index (κ1) is 23.9. The first-order valence-electron chi connectivity index (χ1n) is 12.9. The molecule has 0 aliphatic carbocycles. The summed E-state index contributed by atoms with van der Waals surface area (Å²) in [7, 11) is 1.68. The van der Waals surface area contributed by atoms with Crippen LogP contribution in [0.4, 0.5) is 0 Å². The molecule has 1 saturated heterocycles. The third-order valence-electron chi connectivity index (χ3n) is 7.37. The minimum absolute atomic E-state index is 0.413. The summed E-state index contributed by atoms with van der Waals surface area (Å²) in [5.74, 6) is 0.490. The molecular weight excluding hydrogens is 480 g/mol. The fraction of sp³-hybridized carbons (Fsp3) is 0.310. The first-order chi connectivity index (χ1) is 18.6. The van der Waals surface area contributed by atoms with E-state index in [0.717, 1.165) is 42.9 Å². The topological polar surface area (TPSA) is 102 Å². The third kappa shape index (κ3) is 4.23. The van der Waals surface area contributed by atoms with E-state index in [9.17, 15) is 10.1 Å². The number of nitriles is 1. The number of benzene rings is 2. The van der Waals surface area contributed by atoms with E-state index in [1.807, 2.05) is 40.9 Å². The van der Waals surface area contributed by atoms with Gasteiger partial charge in [0.2, 0.25) is 5.65 Å². The smallest absolute Gasteiger partial charge is 0.419 e. The van der Waals surface area contributed by atoms with Crippen LogP contribution in [-0.2, 0) is 7.05 Å². The lowest BCUT2D eigenvalue weighted by atomic mass is 9.99. The van der Waals surface area contributed by atoms with Crippen LogP contribution in [0.1, 0.15) is 25.3 Å². The van der Waals surface area contributed by atoms with E-state index in [0.29, 0.717) is 46.4 Å². The predicted octanol–water partition coefficient (Wildman–Crippen LogP) is 4.49. The first-order valence-corrected chi connectivity index (χ1v) is 12.9. The molecule has 6 rings (SSSR count). The number of hydrogen-bond donors (Lipinski definition) is 0. The lowest BCUT2D eigenvalue weighted by Crippen LogP contribution is -2.37. The SMILES string of the molecule is CCN1CCC[C@@H](COc2nc(-c3ccc(C#N)cc3)c(-c3ccc4c(c3)oc(=O)n4C)n3ccnc23)C1. The van der Waals surface area contributed by atoms with Crippen molar-refractivity contribution in [3.63, 3.8) is 0 Å². The molecule has 2 aromatic carbocycles. The minimum atomic E-state index is -0.413. The number of imidazole rings is 1. The Bertz CT molecular complexity index is 1720. The summed E-state index contributed by atoms with van der Waals surface area (Å²) in [4.78, 5) is 24.2. The molecule has 0 N–H and O–H groups in total. The summed E-state index contributed by atoms with van der Waals surface area (Å²) in [5, 5.41) is 9.31. The quantitative estimate of drug-likeness (QED) is 0.333. The lowest BCUT2D eigenvalue weighted by Gasteiger charge is -2.31. The zero-order valence-corrected chi connectivity index (χ0v) is 21.4. The molecule has 0 bridgehead atoms. The molecule has 0 saturated carbocycles. The van der Waals surface area contributed by atoms with Crippen molar-refractivity contribution < 1.29 is 9.15 Å². The zero-order chi connectivity index (χ0) is 26.2. The van der Waals surface area contributed by atoms with Crippen molar-refractivity contribution in [2.24, 2.45) is 13.0 Å². The molecule has 3 aromatic heterocycles. The molecule has 192 valence electrons. The lowest BCUT2D eigenvalue weighted by molar-refractivity contribution is 0.133. The minimum Gasteiger partial charge on any atom is -0.475 e. The summed E-state index contributed by atoms with van der Waals surface area (Å²) < 4.78 is 15.3. The van der Waals surface area contributed by atoms with Crippen LogP contribution in [0.15, 0.2) is 64.1 Å². The van der Waals surface area contributed by atoms with Crippen LogP contribution in [0.3, 0.4) is 0 Å². The highest BCUT2D eigenvalue weighted by molar-refractivity contribution is 5.86. The Labute approximate surface area is 219 Å². The highest BCUT2D eigenvalue weighted by atomic mass is 16.5. The maximum atomic E-state index is 12.1. The second-order valence-corrected chi connectivity index (χ2v) is 9.75. The number of aryl methyl sites for hydroxylation is 1. The second-order valence-electron chi connectivity index (χ2n) is 9.75. The van der Waals surface area contributed by atoms with Crippen molar-refractivity contribution in [1.82, 2.24) is 23.8 Å². The van der Waals surface area contributed by atoms with E-state index < -0.39 is 5.76 Å². The number of nitrogens with zero attached hydrogens (tertiary/aromatic N) is 6. The number of rotatable bonds is 6. The molecule has 5 aromatic rings. The Morgan fingerprint density at radius 3 is 2.79 bits per heavy atom. The molecule has 0 spiro atoms. The van der Waals surface area contributed by atoms with Gasteiger partial charge in [0.15, 0.2) is 5.58 Å². The van der Waals surface area contributed by atoms with Crippen LogP contribution in [0, 0.1) is 17.2 Å². The van der Waals surface area contributed by atoms with Crippen LogP contribution >= 0.6 is 0 Å². The van der Waals surface area contributed by atoms with Gasteiger partial charge in [-0.1, -0.05) is 25.1 Å². The van der Waals surface area contributed by atoms with Gasteiger partial charge in [0.25, 0.3) is 5.88 Å². The number of piperidine rings is 1. The number of oxazole rings is 1. The molecule has 1 atom stereocenters. The van der Waals surface area contributed by atoms with E-state index in [2.05, 4.69) is 22.9 Å². The summed E-state index contributed by atoms with van der Waals surface area (Å²) in [6, 6.07) is 15.2. The van der Waals surface area contributed by atoms with Gasteiger partial charge in [-0.15, -0.1) is 0 Å². The van der Waals surface area contributed by atoms with Crippen molar-refractivity contribution >= 4 is 16.7 Å². The highest BCUT2D eigenvalue weighted by Crippen LogP contribution is 2.36. The Hall–Kier alpha value is -4.42. The molecule has 1 aliphatic rings. The Morgan fingerprint density at radius 2 is 2.00 bits per heavy atom. The predicted molar refractivity (Wildman–Crippen MR) is 144 cm³/mol. The molecule has 4 heterocycles. The van der Waals surface area contributed by atoms with Gasteiger partial charge in [0.1, 0.15) is 0 Å². The van der Waals surface area contributed by atoms with E-state index in [-0.39, 0.29) is 0 Å². The monoisotopic (exact) mass is 508 g/mol. The van der Waals surface area contributed by atoms with Crippen molar-refractivity contribution in [2.75, 3.05) is 26.2 Å². The fourth-order valence-electron chi connectivity index (χ4n) is 5.29. The standard InChI is InChI=1S/C29H28N6O3/c1-3-34-13-4-5-20(17-34)18-37-28-27-31-12-14-35(27)26(25(32-28)21-8-6-19(16-30)7-9-21)22-10-11-23-24(15-22)38-29(36)33(23)2/h6-12,14-15,20H,3-5,13,17-18H2,1-2H3/t20-/m1/s1. The van der Waals surface area contributed by atoms with Gasteiger partial charge in [-0.05, 0) is 50.2 Å². The van der Waals surface area contributed by atoms with Gasteiger partial charge in [-0.25, -0.2) is 14.8 Å². The molecule has 0 amide bonds. The van der Waals surface area contributed by atoms with Crippen LogP contribution in [-0.4, -0.2) is 50.1 Å². The van der Waals surface area contributed by atoms with Gasteiger partial charge < -0.3 is 14.1 Å². The third-order valence-corrected chi connectivity index (χ3v) is 7.37. The van der Waals surface area contributed by atoms with Crippen molar-refractivity contribution in [2.45, 2.75) is 19.8 Å². The number of hydrogen-bond acceptors (Lipinski definition) is 7. The largest absolute Gasteiger partial charge is 0.475 e. The molecule has 0 radical (unpaired) electrons. The molecule has 9 nitrogen and oxygen atoms in total. The fourth-order valence-corrected chi connectivity index (χ4v) is 5.29. The summed E-state index contributed by atoms with van der Waals surface area (Å²) in [6.07, 6.45) is 5.92. The van der Waals surface area contributed by atoms with E-state index in [1.54, 1.807) is 25.4 Å². The summed E-state index contributed by atoms with van der Waals surface area (Å²) in [6.45, 7) is 5.96. The molecule has 38 heavy (non-hydrogen) atoms. The maximum absolute atomic E-state index is 12.1. The maximum Gasteiger partial charge on any atom is 0.419 e. The normalized spacial score (nSPS) is 16.2. The van der Waals surface area contributed by atoms with Crippen molar-refractivity contribution in [3.8, 4) is 34.5 Å². The average Bonchev–Trinajstić information content (AvgIpc) is 3.55. The Balaban J connectivity index is 1.48. The number of likely N-dealkylation sites (tertiary alicyclic amines) is 1. The van der Waals surface area contributed by atoms with E-state index >= 15 is 0 Å². The Kier molecular flexibility index (Phi) is 6.18. The number of ether oxygens (including phenoxy) is 1. The highest BCUT2D eigenvalue weighted by Gasteiger charge is 2.23. The summed E-state index contributed by atoms with van der Waals surface area (Å²) in [5.41, 5.74) is 5.53. The molecule has 1 aliphatic heterocycles.